The smallest absolute Gasteiger partial charge is 0.189 e. The van der Waals surface area contributed by atoms with Crippen molar-refractivity contribution < 1.29 is 9.47 Å². The Morgan fingerprint density at radius 2 is 1.86 bits per heavy atom. The van der Waals surface area contributed by atoms with Crippen molar-refractivity contribution >= 4 is 15.9 Å². The lowest BCUT2D eigenvalue weighted by Crippen LogP contribution is -2.13. The molecule has 0 aliphatic heterocycles. The van der Waals surface area contributed by atoms with Gasteiger partial charge in [0.2, 0.25) is 0 Å². The van der Waals surface area contributed by atoms with Crippen molar-refractivity contribution in [3.63, 3.8) is 0 Å². The van der Waals surface area contributed by atoms with Crippen molar-refractivity contribution in [2.24, 2.45) is 0 Å². The van der Waals surface area contributed by atoms with Crippen molar-refractivity contribution in [2.75, 3.05) is 13.3 Å². The monoisotopic (exact) mass is 349 g/mol. The molecule has 0 heterocycles. The van der Waals surface area contributed by atoms with Gasteiger partial charge in [0.1, 0.15) is 5.75 Å². The van der Waals surface area contributed by atoms with Gasteiger partial charge in [0.15, 0.2) is 6.79 Å². The molecule has 0 spiro atoms. The highest BCUT2D eigenvalue weighted by atomic mass is 79.9. The minimum absolute atomic E-state index is 0.233. The summed E-state index contributed by atoms with van der Waals surface area (Å²) < 4.78 is 12.3. The Bertz CT molecular complexity index is 546. The summed E-state index contributed by atoms with van der Waals surface area (Å²) in [4.78, 5) is 0. The summed E-state index contributed by atoms with van der Waals surface area (Å²) in [7, 11) is 0. The normalized spacial score (nSPS) is 10.6. The van der Waals surface area contributed by atoms with Gasteiger partial charge in [0.25, 0.3) is 0 Å². The van der Waals surface area contributed by atoms with Gasteiger partial charge < -0.3 is 14.8 Å². The first kappa shape index (κ1) is 16.0. The largest absolute Gasteiger partial charge is 0.466 e. The number of hydrogen-bond acceptors (Lipinski definition) is 3. The molecule has 0 atom stereocenters. The lowest BCUT2D eigenvalue weighted by atomic mass is 10.2. The molecule has 3 nitrogen and oxygen atoms in total. The Morgan fingerprint density at radius 3 is 2.62 bits per heavy atom. The van der Waals surface area contributed by atoms with Crippen LogP contribution in [0.1, 0.15) is 18.1 Å². The average Bonchev–Trinajstić information content (AvgIpc) is 2.52. The first-order chi connectivity index (χ1) is 10.3. The molecule has 2 rings (SSSR count). The number of halogens is 1. The number of para-hydroxylation sites is 1. The van der Waals surface area contributed by atoms with E-state index in [4.69, 9.17) is 9.47 Å². The van der Waals surface area contributed by atoms with Gasteiger partial charge in [0, 0.05) is 12.1 Å². The Labute approximate surface area is 134 Å². The van der Waals surface area contributed by atoms with Gasteiger partial charge in [0.05, 0.1) is 11.1 Å². The van der Waals surface area contributed by atoms with E-state index in [1.165, 1.54) is 0 Å². The number of hydrogen-bond donors (Lipinski definition) is 1. The lowest BCUT2D eigenvalue weighted by Gasteiger charge is -2.14. The number of ether oxygens (including phenoxy) is 2. The molecule has 0 aliphatic rings. The predicted octanol–water partition coefficient (Wildman–Crippen LogP) is 4.11. The first-order valence-electron chi connectivity index (χ1n) is 7.04. The summed E-state index contributed by atoms with van der Waals surface area (Å²) in [6.45, 7) is 4.58. The second kappa shape index (κ2) is 8.82. The molecule has 2 aromatic rings. The molecule has 0 amide bonds. The standard InChI is InChI=1S/C17H20BrNO2/c1-2-19-11-15-9-6-10-16(18)17(15)21-13-20-12-14-7-4-3-5-8-14/h3-10,19H,2,11-13H2,1H3. The van der Waals surface area contributed by atoms with E-state index < -0.39 is 0 Å². The van der Waals surface area contributed by atoms with Gasteiger partial charge in [-0.1, -0.05) is 49.4 Å². The van der Waals surface area contributed by atoms with Crippen molar-refractivity contribution in [2.45, 2.75) is 20.1 Å². The van der Waals surface area contributed by atoms with Crippen LogP contribution in [0.25, 0.3) is 0 Å². The molecule has 0 aromatic heterocycles. The van der Waals surface area contributed by atoms with Crippen molar-refractivity contribution in [1.29, 1.82) is 0 Å². The topological polar surface area (TPSA) is 30.5 Å². The zero-order chi connectivity index (χ0) is 14.9. The zero-order valence-corrected chi connectivity index (χ0v) is 13.7. The van der Waals surface area contributed by atoms with Gasteiger partial charge in [-0.3, -0.25) is 0 Å². The van der Waals surface area contributed by atoms with Crippen molar-refractivity contribution in [1.82, 2.24) is 5.32 Å². The fraction of sp³-hybridized carbons (Fsp3) is 0.294. The highest BCUT2D eigenvalue weighted by Gasteiger charge is 2.07. The molecule has 2 aromatic carbocycles. The Kier molecular flexibility index (Phi) is 6.73. The minimum Gasteiger partial charge on any atom is -0.466 e. The van der Waals surface area contributed by atoms with E-state index >= 15 is 0 Å². The van der Waals surface area contributed by atoms with Gasteiger partial charge in [-0.2, -0.15) is 0 Å². The van der Waals surface area contributed by atoms with Crippen molar-refractivity contribution in [3.8, 4) is 5.75 Å². The Hall–Kier alpha value is -1.36. The third-order valence-electron chi connectivity index (χ3n) is 3.01. The Morgan fingerprint density at radius 1 is 1.05 bits per heavy atom. The van der Waals surface area contributed by atoms with Crippen LogP contribution < -0.4 is 10.1 Å². The predicted molar refractivity (Wildman–Crippen MR) is 88.2 cm³/mol. The fourth-order valence-corrected chi connectivity index (χ4v) is 2.47. The van der Waals surface area contributed by atoms with Gasteiger partial charge >= 0.3 is 0 Å². The molecule has 0 unspecified atom stereocenters. The van der Waals surface area contributed by atoms with E-state index in [1.54, 1.807) is 0 Å². The van der Waals surface area contributed by atoms with Gasteiger partial charge in [-0.25, -0.2) is 0 Å². The molecular weight excluding hydrogens is 330 g/mol. The molecule has 0 bridgehead atoms. The minimum atomic E-state index is 0.233. The molecule has 0 saturated carbocycles. The van der Waals surface area contributed by atoms with Crippen LogP contribution in [-0.2, 0) is 17.9 Å². The molecule has 0 aliphatic carbocycles. The maximum absolute atomic E-state index is 5.78. The lowest BCUT2D eigenvalue weighted by molar-refractivity contribution is 0.00407. The maximum atomic E-state index is 5.78. The molecule has 0 saturated heterocycles. The highest BCUT2D eigenvalue weighted by Crippen LogP contribution is 2.29. The molecule has 112 valence electrons. The first-order valence-corrected chi connectivity index (χ1v) is 7.83. The van der Waals surface area contributed by atoms with Gasteiger partial charge in [-0.05, 0) is 34.1 Å². The van der Waals surface area contributed by atoms with E-state index in [-0.39, 0.29) is 6.79 Å². The second-order valence-electron chi connectivity index (χ2n) is 4.60. The van der Waals surface area contributed by atoms with Crippen LogP contribution in [0.5, 0.6) is 5.75 Å². The van der Waals surface area contributed by atoms with Crippen LogP contribution in [0.3, 0.4) is 0 Å². The van der Waals surface area contributed by atoms with Gasteiger partial charge in [-0.15, -0.1) is 0 Å². The SMILES string of the molecule is CCNCc1cccc(Br)c1OCOCc1ccccc1. The number of benzene rings is 2. The fourth-order valence-electron chi connectivity index (χ4n) is 1.95. The number of rotatable bonds is 8. The van der Waals surface area contributed by atoms with Crippen molar-refractivity contribution in [3.05, 3.63) is 64.1 Å². The summed E-state index contributed by atoms with van der Waals surface area (Å²) in [5.74, 6) is 0.839. The van der Waals surface area contributed by atoms with Crippen LogP contribution in [0.15, 0.2) is 53.0 Å². The van der Waals surface area contributed by atoms with Crippen LogP contribution >= 0.6 is 15.9 Å². The molecule has 4 heteroatoms. The molecule has 0 radical (unpaired) electrons. The van der Waals surface area contributed by atoms with Crippen LogP contribution in [0, 0.1) is 0 Å². The third-order valence-corrected chi connectivity index (χ3v) is 3.64. The zero-order valence-electron chi connectivity index (χ0n) is 12.1. The summed E-state index contributed by atoms with van der Waals surface area (Å²) in [5.41, 5.74) is 2.26. The third kappa shape index (κ3) is 5.16. The quantitative estimate of drug-likeness (QED) is 0.574. The summed E-state index contributed by atoms with van der Waals surface area (Å²) >= 11 is 3.53. The van der Waals surface area contributed by atoms with E-state index in [1.807, 2.05) is 42.5 Å². The second-order valence-corrected chi connectivity index (χ2v) is 5.46. The molecule has 1 N–H and O–H groups in total. The molecule has 21 heavy (non-hydrogen) atoms. The average molecular weight is 350 g/mol. The highest BCUT2D eigenvalue weighted by molar-refractivity contribution is 9.10. The van der Waals surface area contributed by atoms with E-state index in [2.05, 4.69) is 34.2 Å². The van der Waals surface area contributed by atoms with E-state index in [0.29, 0.717) is 6.61 Å². The van der Waals surface area contributed by atoms with E-state index in [9.17, 15) is 0 Å². The summed E-state index contributed by atoms with van der Waals surface area (Å²) in [6.07, 6.45) is 0. The van der Waals surface area contributed by atoms with Crippen LogP contribution in [0.4, 0.5) is 0 Å². The number of nitrogens with one attached hydrogen (secondary N) is 1. The summed E-state index contributed by atoms with van der Waals surface area (Å²) in [5, 5.41) is 3.31. The van der Waals surface area contributed by atoms with Crippen LogP contribution in [0.2, 0.25) is 0 Å². The van der Waals surface area contributed by atoms with Crippen LogP contribution in [-0.4, -0.2) is 13.3 Å². The molecule has 0 fully saturated rings. The summed E-state index contributed by atoms with van der Waals surface area (Å²) in [6, 6.07) is 16.1. The van der Waals surface area contributed by atoms with E-state index in [0.717, 1.165) is 34.4 Å². The Balaban J connectivity index is 1.87. The molecular formula is C17H20BrNO2. The maximum Gasteiger partial charge on any atom is 0.189 e.